The molecule has 15 heavy (non-hydrogen) atoms. The molecule has 1 aliphatic rings. The maximum atomic E-state index is 13.2. The molecule has 0 aromatic heterocycles. The smallest absolute Gasteiger partial charge is 0.179 e. The molecule has 0 aliphatic heterocycles. The Balaban J connectivity index is 2.03. The average molecular weight is 211 g/mol. The monoisotopic (exact) mass is 211 g/mol. The predicted molar refractivity (Wildman–Crippen MR) is 51.7 cm³/mol. The molecule has 1 N–H and O–H groups in total. The van der Waals surface area contributed by atoms with Crippen molar-refractivity contribution in [1.82, 2.24) is 5.32 Å². The Morgan fingerprint density at radius 1 is 1.40 bits per heavy atom. The highest BCUT2D eigenvalue weighted by Crippen LogP contribution is 2.18. The van der Waals surface area contributed by atoms with Crippen LogP contribution in [-0.4, -0.2) is 18.4 Å². The number of benzene rings is 1. The van der Waals surface area contributed by atoms with Crippen LogP contribution < -0.4 is 5.32 Å². The molecule has 0 atom stereocenters. The summed E-state index contributed by atoms with van der Waals surface area (Å²) in [7, 11) is 0. The SMILES string of the molecule is O=C(CNC1CC1)c1ccc(F)cc1F. The van der Waals surface area contributed by atoms with Crippen LogP contribution in [0.2, 0.25) is 0 Å². The van der Waals surface area contributed by atoms with Crippen LogP contribution in [0.1, 0.15) is 23.2 Å². The Bertz CT molecular complexity index is 388. The van der Waals surface area contributed by atoms with Gasteiger partial charge in [-0.15, -0.1) is 0 Å². The van der Waals surface area contributed by atoms with Gasteiger partial charge in [-0.05, 0) is 25.0 Å². The zero-order valence-electron chi connectivity index (χ0n) is 8.09. The lowest BCUT2D eigenvalue weighted by Gasteiger charge is -2.03. The molecular weight excluding hydrogens is 200 g/mol. The van der Waals surface area contributed by atoms with Gasteiger partial charge in [0, 0.05) is 12.1 Å². The summed E-state index contributed by atoms with van der Waals surface area (Å²) in [5.41, 5.74) is -0.0513. The van der Waals surface area contributed by atoms with E-state index in [1.54, 1.807) is 0 Å². The Hall–Kier alpha value is -1.29. The molecule has 1 saturated carbocycles. The van der Waals surface area contributed by atoms with Gasteiger partial charge in [0.05, 0.1) is 12.1 Å². The van der Waals surface area contributed by atoms with Gasteiger partial charge in [-0.3, -0.25) is 4.79 Å². The summed E-state index contributed by atoms with van der Waals surface area (Å²) in [6, 6.07) is 3.40. The molecule has 0 bridgehead atoms. The minimum Gasteiger partial charge on any atom is -0.307 e. The molecule has 2 nitrogen and oxygen atoms in total. The lowest BCUT2D eigenvalue weighted by molar-refractivity contribution is 0.0986. The molecular formula is C11H11F2NO. The maximum Gasteiger partial charge on any atom is 0.179 e. The fraction of sp³-hybridized carbons (Fsp3) is 0.364. The fourth-order valence-corrected chi connectivity index (χ4v) is 1.34. The van der Waals surface area contributed by atoms with Crippen molar-refractivity contribution in [2.24, 2.45) is 0 Å². The van der Waals surface area contributed by atoms with Crippen LogP contribution in [0.3, 0.4) is 0 Å². The highest BCUT2D eigenvalue weighted by atomic mass is 19.1. The van der Waals surface area contributed by atoms with Crippen molar-refractivity contribution in [3.05, 3.63) is 35.4 Å². The number of ketones is 1. The lowest BCUT2D eigenvalue weighted by atomic mass is 10.1. The molecule has 0 radical (unpaired) electrons. The second kappa shape index (κ2) is 4.06. The third-order valence-corrected chi connectivity index (χ3v) is 2.36. The molecule has 1 aromatic carbocycles. The fourth-order valence-electron chi connectivity index (χ4n) is 1.34. The van der Waals surface area contributed by atoms with Crippen molar-refractivity contribution >= 4 is 5.78 Å². The second-order valence-electron chi connectivity index (χ2n) is 3.70. The molecule has 0 saturated heterocycles. The number of Topliss-reactive ketones (excluding diaryl/α,β-unsaturated/α-hetero) is 1. The molecule has 0 spiro atoms. The van der Waals surface area contributed by atoms with Gasteiger partial charge in [-0.1, -0.05) is 0 Å². The maximum absolute atomic E-state index is 13.2. The summed E-state index contributed by atoms with van der Waals surface area (Å²) in [4.78, 5) is 11.5. The quantitative estimate of drug-likeness (QED) is 0.770. The first kappa shape index (κ1) is 10.2. The normalized spacial score (nSPS) is 15.3. The summed E-state index contributed by atoms with van der Waals surface area (Å²) in [6.07, 6.45) is 2.14. The van der Waals surface area contributed by atoms with Crippen LogP contribution in [-0.2, 0) is 0 Å². The summed E-state index contributed by atoms with van der Waals surface area (Å²) < 4.78 is 25.7. The van der Waals surface area contributed by atoms with E-state index in [1.807, 2.05) is 0 Å². The van der Waals surface area contributed by atoms with Crippen molar-refractivity contribution in [2.75, 3.05) is 6.54 Å². The number of hydrogen-bond donors (Lipinski definition) is 1. The molecule has 2 rings (SSSR count). The molecule has 0 amide bonds. The number of rotatable bonds is 4. The third kappa shape index (κ3) is 2.59. The zero-order valence-corrected chi connectivity index (χ0v) is 8.09. The van der Waals surface area contributed by atoms with Gasteiger partial charge in [-0.2, -0.15) is 0 Å². The van der Waals surface area contributed by atoms with Gasteiger partial charge >= 0.3 is 0 Å². The van der Waals surface area contributed by atoms with Crippen molar-refractivity contribution in [2.45, 2.75) is 18.9 Å². The molecule has 80 valence electrons. The first-order valence-electron chi connectivity index (χ1n) is 4.88. The van der Waals surface area contributed by atoms with E-state index in [0.29, 0.717) is 6.04 Å². The predicted octanol–water partition coefficient (Wildman–Crippen LogP) is 1.90. The minimum atomic E-state index is -0.794. The summed E-state index contributed by atoms with van der Waals surface area (Å²) in [5.74, 6) is -1.80. The van der Waals surface area contributed by atoms with Crippen molar-refractivity contribution in [3.8, 4) is 0 Å². The van der Waals surface area contributed by atoms with Gasteiger partial charge < -0.3 is 5.32 Å². The third-order valence-electron chi connectivity index (χ3n) is 2.36. The van der Waals surface area contributed by atoms with E-state index in [9.17, 15) is 13.6 Å². The van der Waals surface area contributed by atoms with Crippen LogP contribution in [0, 0.1) is 11.6 Å². The zero-order chi connectivity index (χ0) is 10.8. The highest BCUT2D eigenvalue weighted by molar-refractivity contribution is 5.97. The number of carbonyl (C=O) groups excluding carboxylic acids is 1. The number of carbonyl (C=O) groups is 1. The van der Waals surface area contributed by atoms with E-state index >= 15 is 0 Å². The van der Waals surface area contributed by atoms with E-state index in [0.717, 1.165) is 25.0 Å². The van der Waals surface area contributed by atoms with E-state index in [4.69, 9.17) is 0 Å². The molecule has 1 aromatic rings. The Morgan fingerprint density at radius 3 is 2.73 bits per heavy atom. The highest BCUT2D eigenvalue weighted by Gasteiger charge is 2.22. The molecule has 0 unspecified atom stereocenters. The number of hydrogen-bond acceptors (Lipinski definition) is 2. The number of nitrogens with one attached hydrogen (secondary N) is 1. The van der Waals surface area contributed by atoms with Gasteiger partial charge in [-0.25, -0.2) is 8.78 Å². The van der Waals surface area contributed by atoms with Crippen LogP contribution in [0.4, 0.5) is 8.78 Å². The van der Waals surface area contributed by atoms with Crippen molar-refractivity contribution in [1.29, 1.82) is 0 Å². The van der Waals surface area contributed by atoms with Gasteiger partial charge in [0.1, 0.15) is 11.6 Å². The lowest BCUT2D eigenvalue weighted by Crippen LogP contribution is -2.25. The van der Waals surface area contributed by atoms with Crippen LogP contribution in [0.15, 0.2) is 18.2 Å². The molecule has 4 heteroatoms. The molecule has 1 fully saturated rings. The summed E-state index contributed by atoms with van der Waals surface area (Å²) in [6.45, 7) is 0.118. The van der Waals surface area contributed by atoms with Crippen LogP contribution in [0.5, 0.6) is 0 Å². The Kier molecular flexibility index (Phi) is 2.77. The van der Waals surface area contributed by atoms with Crippen LogP contribution >= 0.6 is 0 Å². The van der Waals surface area contributed by atoms with E-state index < -0.39 is 11.6 Å². The standard InChI is InChI=1S/C11H11F2NO/c12-7-1-4-9(10(13)5-7)11(15)6-14-8-2-3-8/h1,4-5,8,14H,2-3,6H2. The van der Waals surface area contributed by atoms with Crippen molar-refractivity contribution in [3.63, 3.8) is 0 Å². The molecule has 1 aliphatic carbocycles. The van der Waals surface area contributed by atoms with E-state index in [-0.39, 0.29) is 17.9 Å². The van der Waals surface area contributed by atoms with Gasteiger partial charge in [0.2, 0.25) is 0 Å². The minimum absolute atomic E-state index is 0.0513. The second-order valence-corrected chi connectivity index (χ2v) is 3.70. The largest absolute Gasteiger partial charge is 0.307 e. The first-order chi connectivity index (χ1) is 7.16. The van der Waals surface area contributed by atoms with Gasteiger partial charge in [0.25, 0.3) is 0 Å². The van der Waals surface area contributed by atoms with Crippen LogP contribution in [0.25, 0.3) is 0 Å². The first-order valence-corrected chi connectivity index (χ1v) is 4.88. The summed E-state index contributed by atoms with van der Waals surface area (Å²) >= 11 is 0. The molecule has 0 heterocycles. The Morgan fingerprint density at radius 2 is 2.13 bits per heavy atom. The van der Waals surface area contributed by atoms with Crippen molar-refractivity contribution < 1.29 is 13.6 Å². The Labute approximate surface area is 86.3 Å². The summed E-state index contributed by atoms with van der Waals surface area (Å²) in [5, 5.41) is 2.99. The number of halogens is 2. The topological polar surface area (TPSA) is 29.1 Å². The van der Waals surface area contributed by atoms with E-state index in [2.05, 4.69) is 5.32 Å². The van der Waals surface area contributed by atoms with E-state index in [1.165, 1.54) is 6.07 Å². The van der Waals surface area contributed by atoms with Gasteiger partial charge in [0.15, 0.2) is 5.78 Å². The average Bonchev–Trinajstić information content (AvgIpc) is 2.97.